The molecular weight excluding hydrogens is 364 g/mol. The highest BCUT2D eigenvalue weighted by Gasteiger charge is 2.11. The number of aryl methyl sites for hydroxylation is 3. The number of anilines is 1. The molecule has 0 radical (unpaired) electrons. The Morgan fingerprint density at radius 1 is 1.15 bits per heavy atom. The second-order valence-corrected chi connectivity index (χ2v) is 7.48. The van der Waals surface area contributed by atoms with Crippen molar-refractivity contribution >= 4 is 40.1 Å². The maximum atomic E-state index is 12.1. The first-order chi connectivity index (χ1) is 12.4. The topological polar surface area (TPSA) is 42.0 Å². The fraction of sp³-hybridized carbons (Fsp3) is 0.143. The van der Waals surface area contributed by atoms with Gasteiger partial charge in [0.15, 0.2) is 5.13 Å². The normalized spacial score (nSPS) is 11.1. The molecule has 5 heteroatoms. The SMILES string of the molecule is Cc1cc(C)c(-c2csc(NC(=O)/C=C/c3cccc(Cl)c3)n2)c(C)c1. The van der Waals surface area contributed by atoms with E-state index in [0.29, 0.717) is 10.2 Å². The number of benzene rings is 2. The summed E-state index contributed by atoms with van der Waals surface area (Å²) in [7, 11) is 0. The molecule has 1 N–H and O–H groups in total. The lowest BCUT2D eigenvalue weighted by atomic mass is 9.98. The molecule has 0 atom stereocenters. The smallest absolute Gasteiger partial charge is 0.250 e. The monoisotopic (exact) mass is 382 g/mol. The molecule has 0 spiro atoms. The number of hydrogen-bond acceptors (Lipinski definition) is 3. The van der Waals surface area contributed by atoms with E-state index in [0.717, 1.165) is 16.8 Å². The summed E-state index contributed by atoms with van der Waals surface area (Å²) in [5.41, 5.74) is 6.50. The highest BCUT2D eigenvalue weighted by atomic mass is 35.5. The van der Waals surface area contributed by atoms with Crippen LogP contribution in [0.2, 0.25) is 5.02 Å². The van der Waals surface area contributed by atoms with Gasteiger partial charge < -0.3 is 0 Å². The zero-order valence-electron chi connectivity index (χ0n) is 14.8. The molecule has 0 aliphatic carbocycles. The van der Waals surface area contributed by atoms with E-state index >= 15 is 0 Å². The maximum absolute atomic E-state index is 12.1. The Balaban J connectivity index is 1.74. The van der Waals surface area contributed by atoms with Crippen LogP contribution in [-0.4, -0.2) is 10.9 Å². The van der Waals surface area contributed by atoms with Gasteiger partial charge in [0, 0.05) is 22.0 Å². The van der Waals surface area contributed by atoms with Crippen LogP contribution in [0, 0.1) is 20.8 Å². The second-order valence-electron chi connectivity index (χ2n) is 6.19. The molecule has 3 nitrogen and oxygen atoms in total. The van der Waals surface area contributed by atoms with Crippen molar-refractivity contribution < 1.29 is 4.79 Å². The summed E-state index contributed by atoms with van der Waals surface area (Å²) in [5, 5.41) is 6.01. The fourth-order valence-electron chi connectivity index (χ4n) is 2.96. The van der Waals surface area contributed by atoms with Gasteiger partial charge in [0.05, 0.1) is 5.69 Å². The molecule has 0 aliphatic rings. The Morgan fingerprint density at radius 3 is 2.58 bits per heavy atom. The summed E-state index contributed by atoms with van der Waals surface area (Å²) in [5.74, 6) is -0.219. The summed E-state index contributed by atoms with van der Waals surface area (Å²) in [6.07, 6.45) is 3.21. The molecule has 0 saturated heterocycles. The molecule has 132 valence electrons. The van der Waals surface area contributed by atoms with Crippen molar-refractivity contribution in [3.05, 3.63) is 75.1 Å². The molecule has 26 heavy (non-hydrogen) atoms. The fourth-order valence-corrected chi connectivity index (χ4v) is 3.86. The maximum Gasteiger partial charge on any atom is 0.250 e. The quantitative estimate of drug-likeness (QED) is 0.559. The lowest BCUT2D eigenvalue weighted by molar-refractivity contribution is -0.111. The molecule has 0 aliphatic heterocycles. The number of thiazole rings is 1. The van der Waals surface area contributed by atoms with Crippen LogP contribution in [0.15, 0.2) is 47.9 Å². The Bertz CT molecular complexity index is 968. The van der Waals surface area contributed by atoms with E-state index in [2.05, 4.69) is 43.2 Å². The molecule has 1 amide bonds. The van der Waals surface area contributed by atoms with Gasteiger partial charge >= 0.3 is 0 Å². The number of aromatic nitrogens is 1. The molecule has 3 rings (SSSR count). The van der Waals surface area contributed by atoms with E-state index in [4.69, 9.17) is 11.6 Å². The summed E-state index contributed by atoms with van der Waals surface area (Å²) in [4.78, 5) is 16.7. The standard InChI is InChI=1S/C21H19ClN2OS/c1-13-9-14(2)20(15(3)10-13)18-12-26-21(23-18)24-19(25)8-7-16-5-4-6-17(22)11-16/h4-12H,1-3H3,(H,23,24,25)/b8-7+. The van der Waals surface area contributed by atoms with E-state index < -0.39 is 0 Å². The molecule has 1 aromatic heterocycles. The second kappa shape index (κ2) is 7.85. The van der Waals surface area contributed by atoms with Crippen molar-refractivity contribution in [2.75, 3.05) is 5.32 Å². The van der Waals surface area contributed by atoms with E-state index in [1.54, 1.807) is 18.2 Å². The number of rotatable bonds is 4. The van der Waals surface area contributed by atoms with Crippen LogP contribution >= 0.6 is 22.9 Å². The predicted octanol–water partition coefficient (Wildman–Crippen LogP) is 6.04. The van der Waals surface area contributed by atoms with Crippen molar-refractivity contribution in [1.29, 1.82) is 0 Å². The lowest BCUT2D eigenvalue weighted by Gasteiger charge is -2.08. The first-order valence-electron chi connectivity index (χ1n) is 8.21. The number of nitrogens with one attached hydrogen (secondary N) is 1. The molecule has 0 unspecified atom stereocenters. The number of hydrogen-bond donors (Lipinski definition) is 1. The van der Waals surface area contributed by atoms with E-state index in [1.807, 2.05) is 17.5 Å². The summed E-state index contributed by atoms with van der Waals surface area (Å²) < 4.78 is 0. The van der Waals surface area contributed by atoms with Crippen LogP contribution in [-0.2, 0) is 4.79 Å². The van der Waals surface area contributed by atoms with Gasteiger partial charge in [-0.15, -0.1) is 11.3 Å². The van der Waals surface area contributed by atoms with Crippen LogP contribution in [0.5, 0.6) is 0 Å². The largest absolute Gasteiger partial charge is 0.298 e. The Labute approximate surface area is 162 Å². The minimum atomic E-state index is -0.219. The average Bonchev–Trinajstić information content (AvgIpc) is 3.00. The van der Waals surface area contributed by atoms with Crippen LogP contribution in [0.25, 0.3) is 17.3 Å². The van der Waals surface area contributed by atoms with Gasteiger partial charge in [-0.2, -0.15) is 0 Å². The highest BCUT2D eigenvalue weighted by Crippen LogP contribution is 2.31. The molecular formula is C21H19ClN2OS. The van der Waals surface area contributed by atoms with Crippen molar-refractivity contribution in [2.45, 2.75) is 20.8 Å². The van der Waals surface area contributed by atoms with E-state index in [1.165, 1.54) is 34.1 Å². The van der Waals surface area contributed by atoms with E-state index in [9.17, 15) is 4.79 Å². The first kappa shape index (κ1) is 18.4. The molecule has 0 saturated carbocycles. The van der Waals surface area contributed by atoms with Crippen LogP contribution in [0.4, 0.5) is 5.13 Å². The van der Waals surface area contributed by atoms with Crippen LogP contribution in [0.3, 0.4) is 0 Å². The lowest BCUT2D eigenvalue weighted by Crippen LogP contribution is -2.07. The number of carbonyl (C=O) groups excluding carboxylic acids is 1. The van der Waals surface area contributed by atoms with Gasteiger partial charge in [0.1, 0.15) is 0 Å². The third kappa shape index (κ3) is 4.40. The summed E-state index contributed by atoms with van der Waals surface area (Å²) in [6.45, 7) is 6.25. The third-order valence-electron chi connectivity index (χ3n) is 3.94. The van der Waals surface area contributed by atoms with Gasteiger partial charge in [-0.1, -0.05) is 41.4 Å². The van der Waals surface area contributed by atoms with Gasteiger partial charge in [-0.25, -0.2) is 4.98 Å². The van der Waals surface area contributed by atoms with Crippen molar-refractivity contribution in [3.8, 4) is 11.3 Å². The number of amides is 1. The molecule has 3 aromatic rings. The third-order valence-corrected chi connectivity index (χ3v) is 4.94. The molecule has 0 bridgehead atoms. The van der Waals surface area contributed by atoms with Crippen LogP contribution in [0.1, 0.15) is 22.3 Å². The van der Waals surface area contributed by atoms with Gasteiger partial charge in [-0.3, -0.25) is 10.1 Å². The summed E-state index contributed by atoms with van der Waals surface area (Å²) >= 11 is 7.36. The van der Waals surface area contributed by atoms with Crippen molar-refractivity contribution in [1.82, 2.24) is 4.98 Å². The minimum absolute atomic E-state index is 0.219. The minimum Gasteiger partial charge on any atom is -0.298 e. The molecule has 0 fully saturated rings. The van der Waals surface area contributed by atoms with Gasteiger partial charge in [0.25, 0.3) is 0 Å². The highest BCUT2D eigenvalue weighted by molar-refractivity contribution is 7.14. The first-order valence-corrected chi connectivity index (χ1v) is 9.46. The Morgan fingerprint density at radius 2 is 1.88 bits per heavy atom. The number of nitrogens with zero attached hydrogens (tertiary/aromatic N) is 1. The van der Waals surface area contributed by atoms with Gasteiger partial charge in [-0.05, 0) is 55.7 Å². The number of halogens is 1. The Hall–Kier alpha value is -2.43. The van der Waals surface area contributed by atoms with Crippen molar-refractivity contribution in [3.63, 3.8) is 0 Å². The zero-order valence-corrected chi connectivity index (χ0v) is 16.4. The summed E-state index contributed by atoms with van der Waals surface area (Å²) in [6, 6.07) is 11.6. The van der Waals surface area contributed by atoms with Crippen molar-refractivity contribution in [2.24, 2.45) is 0 Å². The molecule has 2 aromatic carbocycles. The predicted molar refractivity (Wildman–Crippen MR) is 111 cm³/mol. The van der Waals surface area contributed by atoms with Crippen LogP contribution < -0.4 is 5.32 Å². The zero-order chi connectivity index (χ0) is 18.7. The van der Waals surface area contributed by atoms with Gasteiger partial charge in [0.2, 0.25) is 5.91 Å². The Kier molecular flexibility index (Phi) is 5.55. The number of carbonyl (C=O) groups is 1. The molecule has 1 heterocycles. The average molecular weight is 383 g/mol. The van der Waals surface area contributed by atoms with E-state index in [-0.39, 0.29) is 5.91 Å².